The van der Waals surface area contributed by atoms with Crippen LogP contribution in [0.2, 0.25) is 5.02 Å². The molecule has 2 amide bonds. The third-order valence-corrected chi connectivity index (χ3v) is 8.71. The van der Waals surface area contributed by atoms with Crippen molar-refractivity contribution in [3.8, 4) is 11.4 Å². The first kappa shape index (κ1) is 32.3. The summed E-state index contributed by atoms with van der Waals surface area (Å²) in [6.45, 7) is 8.94. The number of piperidine rings is 1. The lowest BCUT2D eigenvalue weighted by Gasteiger charge is -2.51. The molecule has 5 rings (SSSR count). The lowest BCUT2D eigenvalue weighted by molar-refractivity contribution is -0.155. The number of carbonyl (C=O) groups is 2. The van der Waals surface area contributed by atoms with E-state index in [2.05, 4.69) is 20.7 Å². The highest BCUT2D eigenvalue weighted by atomic mass is 35.5. The van der Waals surface area contributed by atoms with Gasteiger partial charge in [-0.3, -0.25) is 9.59 Å². The maximum Gasteiger partial charge on any atom is 0.251 e. The Bertz CT molecular complexity index is 1630. The van der Waals surface area contributed by atoms with Crippen molar-refractivity contribution in [2.45, 2.75) is 59.1 Å². The van der Waals surface area contributed by atoms with Crippen molar-refractivity contribution < 1.29 is 19.4 Å². The predicted octanol–water partition coefficient (Wildman–Crippen LogP) is 5.07. The zero-order valence-electron chi connectivity index (χ0n) is 26.0. The first-order chi connectivity index (χ1) is 21.5. The van der Waals surface area contributed by atoms with Crippen LogP contribution < -0.4 is 5.32 Å². The van der Waals surface area contributed by atoms with Gasteiger partial charge in [-0.15, -0.1) is 15.0 Å². The average Bonchev–Trinajstić information content (AvgIpc) is 3.50. The molecule has 1 fully saturated rings. The molecule has 0 bridgehead atoms. The van der Waals surface area contributed by atoms with Crippen LogP contribution in [0.1, 0.15) is 55.6 Å². The Morgan fingerprint density at radius 1 is 1.04 bits per heavy atom. The Kier molecular flexibility index (Phi) is 9.67. The Morgan fingerprint density at radius 2 is 1.78 bits per heavy atom. The number of aliphatic hydroxyl groups is 1. The van der Waals surface area contributed by atoms with Crippen LogP contribution in [-0.4, -0.2) is 61.2 Å². The third-order valence-electron chi connectivity index (χ3n) is 8.46. The molecule has 0 radical (unpaired) electrons. The second kappa shape index (κ2) is 13.5. The van der Waals surface area contributed by atoms with Crippen LogP contribution in [0, 0.1) is 11.3 Å². The van der Waals surface area contributed by atoms with E-state index in [1.54, 1.807) is 41.3 Å². The molecule has 2 N–H and O–H groups in total. The molecule has 2 atom stereocenters. The number of hydrogen-bond acceptors (Lipinski definition) is 7. The van der Waals surface area contributed by atoms with Crippen LogP contribution in [0.15, 0.2) is 78.9 Å². The molecule has 1 saturated heterocycles. The summed E-state index contributed by atoms with van der Waals surface area (Å²) in [6.07, 6.45) is 0.360. The van der Waals surface area contributed by atoms with Crippen LogP contribution in [0.5, 0.6) is 0 Å². The standard InChI is InChI=1S/C34H39ClN6O4/c1-23(2)29(32(43)40-18-17-34(44,33(3,4)21-40)27-13-15-28(35)16-14-27)36-31(42)26-12-8-11-25(19-26)30-37-39-41(38-30)22-45-20-24-9-6-5-7-10-24/h5-16,19,23,29,44H,17-18,20-22H2,1-4H3,(H,36,42)/t29-,34+/m1/s1. The van der Waals surface area contributed by atoms with Crippen molar-refractivity contribution in [1.29, 1.82) is 0 Å². The van der Waals surface area contributed by atoms with Crippen molar-refractivity contribution in [2.24, 2.45) is 11.3 Å². The molecule has 2 heterocycles. The summed E-state index contributed by atoms with van der Waals surface area (Å²) < 4.78 is 5.69. The first-order valence-corrected chi connectivity index (χ1v) is 15.4. The molecule has 11 heteroatoms. The van der Waals surface area contributed by atoms with Gasteiger partial charge in [-0.25, -0.2) is 0 Å². The van der Waals surface area contributed by atoms with E-state index in [-0.39, 0.29) is 24.5 Å². The highest BCUT2D eigenvalue weighted by molar-refractivity contribution is 6.30. The van der Waals surface area contributed by atoms with E-state index in [9.17, 15) is 14.7 Å². The van der Waals surface area contributed by atoms with Gasteiger partial charge in [0, 0.05) is 34.7 Å². The number of hydrogen-bond donors (Lipinski definition) is 2. The zero-order valence-corrected chi connectivity index (χ0v) is 26.7. The Morgan fingerprint density at radius 3 is 2.47 bits per heavy atom. The number of tetrazole rings is 1. The molecule has 1 aromatic heterocycles. The summed E-state index contributed by atoms with van der Waals surface area (Å²) in [4.78, 5) is 30.4. The Labute approximate surface area is 268 Å². The van der Waals surface area contributed by atoms with Crippen LogP contribution in [0.25, 0.3) is 11.4 Å². The second-order valence-corrected chi connectivity index (χ2v) is 12.9. The lowest BCUT2D eigenvalue weighted by atomic mass is 9.66. The summed E-state index contributed by atoms with van der Waals surface area (Å²) in [5.74, 6) is -0.368. The lowest BCUT2D eigenvalue weighted by Crippen LogP contribution is -2.60. The van der Waals surface area contributed by atoms with Gasteiger partial charge in [0.15, 0.2) is 6.73 Å². The quantitative estimate of drug-likeness (QED) is 0.251. The van der Waals surface area contributed by atoms with E-state index in [1.165, 1.54) is 4.80 Å². The van der Waals surface area contributed by atoms with Gasteiger partial charge in [-0.1, -0.05) is 93.9 Å². The molecule has 0 aliphatic carbocycles. The number of rotatable bonds is 10. The molecule has 0 unspecified atom stereocenters. The van der Waals surface area contributed by atoms with Gasteiger partial charge in [0.25, 0.3) is 5.91 Å². The van der Waals surface area contributed by atoms with Gasteiger partial charge in [0.1, 0.15) is 6.04 Å². The van der Waals surface area contributed by atoms with Crippen molar-refractivity contribution >= 4 is 23.4 Å². The van der Waals surface area contributed by atoms with E-state index in [0.29, 0.717) is 48.1 Å². The van der Waals surface area contributed by atoms with Gasteiger partial charge in [-0.05, 0) is 52.9 Å². The van der Waals surface area contributed by atoms with Gasteiger partial charge < -0.3 is 20.1 Å². The first-order valence-electron chi connectivity index (χ1n) is 15.0. The minimum absolute atomic E-state index is 0.130. The smallest absolute Gasteiger partial charge is 0.251 e. The van der Waals surface area contributed by atoms with Crippen molar-refractivity contribution in [3.63, 3.8) is 0 Å². The molecule has 0 spiro atoms. The summed E-state index contributed by atoms with van der Waals surface area (Å²) in [5.41, 5.74) is 1.02. The Hall–Kier alpha value is -4.12. The van der Waals surface area contributed by atoms with Crippen molar-refractivity contribution in [1.82, 2.24) is 30.4 Å². The van der Waals surface area contributed by atoms with E-state index in [0.717, 1.165) is 11.1 Å². The minimum Gasteiger partial charge on any atom is -0.384 e. The number of nitrogens with zero attached hydrogens (tertiary/aromatic N) is 5. The van der Waals surface area contributed by atoms with E-state index >= 15 is 0 Å². The monoisotopic (exact) mass is 630 g/mol. The van der Waals surface area contributed by atoms with Gasteiger partial charge in [-0.2, -0.15) is 0 Å². The number of halogens is 1. The van der Waals surface area contributed by atoms with E-state index < -0.39 is 17.1 Å². The highest BCUT2D eigenvalue weighted by Crippen LogP contribution is 2.46. The highest BCUT2D eigenvalue weighted by Gasteiger charge is 2.50. The molecule has 1 aliphatic heterocycles. The van der Waals surface area contributed by atoms with Crippen LogP contribution >= 0.6 is 11.6 Å². The molecular formula is C34H39ClN6O4. The van der Waals surface area contributed by atoms with Gasteiger partial charge in [0.2, 0.25) is 11.7 Å². The van der Waals surface area contributed by atoms with Gasteiger partial charge in [0.05, 0.1) is 12.2 Å². The fourth-order valence-corrected chi connectivity index (χ4v) is 5.86. The van der Waals surface area contributed by atoms with Crippen molar-refractivity contribution in [3.05, 3.63) is 101 Å². The van der Waals surface area contributed by atoms with E-state index in [4.69, 9.17) is 16.3 Å². The van der Waals surface area contributed by atoms with Crippen molar-refractivity contribution in [2.75, 3.05) is 13.1 Å². The molecule has 1 aliphatic rings. The molecule has 4 aromatic rings. The van der Waals surface area contributed by atoms with Crippen LogP contribution in [0.3, 0.4) is 0 Å². The predicted molar refractivity (Wildman–Crippen MR) is 171 cm³/mol. The summed E-state index contributed by atoms with van der Waals surface area (Å²) in [6, 6.07) is 23.2. The number of aromatic nitrogens is 4. The fourth-order valence-electron chi connectivity index (χ4n) is 5.74. The number of likely N-dealkylation sites (tertiary alicyclic amines) is 1. The number of benzene rings is 3. The van der Waals surface area contributed by atoms with Crippen LogP contribution in [0.4, 0.5) is 0 Å². The van der Waals surface area contributed by atoms with E-state index in [1.807, 2.05) is 70.2 Å². The number of amides is 2. The maximum atomic E-state index is 13.8. The SMILES string of the molecule is CC(C)[C@@H](NC(=O)c1cccc(-c2nnn(COCc3ccccc3)n2)c1)C(=O)N1CC[C@](O)(c2ccc(Cl)cc2)C(C)(C)C1. The third kappa shape index (κ3) is 7.24. The molecule has 3 aromatic carbocycles. The maximum absolute atomic E-state index is 13.8. The zero-order chi connectivity index (χ0) is 32.2. The topological polar surface area (TPSA) is 122 Å². The molecule has 45 heavy (non-hydrogen) atoms. The number of carbonyl (C=O) groups excluding carboxylic acids is 2. The molecule has 236 valence electrons. The van der Waals surface area contributed by atoms with Crippen LogP contribution in [-0.2, 0) is 28.5 Å². The summed E-state index contributed by atoms with van der Waals surface area (Å²) >= 11 is 6.07. The molecular weight excluding hydrogens is 592 g/mol. The average molecular weight is 631 g/mol. The molecule has 0 saturated carbocycles. The minimum atomic E-state index is -1.13. The normalized spacial score (nSPS) is 18.5. The number of nitrogens with one attached hydrogen (secondary N) is 1. The van der Waals surface area contributed by atoms with Gasteiger partial charge >= 0.3 is 0 Å². The largest absolute Gasteiger partial charge is 0.384 e. The second-order valence-electron chi connectivity index (χ2n) is 12.5. The fraction of sp³-hybridized carbons (Fsp3) is 0.382. The summed E-state index contributed by atoms with van der Waals surface area (Å²) in [7, 11) is 0. The summed E-state index contributed by atoms with van der Waals surface area (Å²) in [5, 5.41) is 27.9. The number of ether oxygens (including phenoxy) is 1. The Balaban J connectivity index is 1.23. The molecule has 10 nitrogen and oxygen atoms in total.